The number of fused-ring (bicyclic) bond motifs is 1. The van der Waals surface area contributed by atoms with Crippen molar-refractivity contribution in [3.05, 3.63) is 22.9 Å². The summed E-state index contributed by atoms with van der Waals surface area (Å²) in [4.78, 5) is 16.1. The maximum Gasteiger partial charge on any atom is 0.221 e. The van der Waals surface area contributed by atoms with Gasteiger partial charge < -0.3 is 10.6 Å². The summed E-state index contributed by atoms with van der Waals surface area (Å²) >= 11 is 0. The molecule has 1 aromatic rings. The molecule has 2 rings (SSSR count). The zero-order chi connectivity index (χ0) is 15.1. The number of carbonyl (C=O) groups excluding carboxylic acids is 1. The van der Waals surface area contributed by atoms with Gasteiger partial charge >= 0.3 is 0 Å². The van der Waals surface area contributed by atoms with Crippen molar-refractivity contribution in [1.29, 1.82) is 5.26 Å². The summed E-state index contributed by atoms with van der Waals surface area (Å²) < 4.78 is 0. The van der Waals surface area contributed by atoms with Crippen molar-refractivity contribution in [1.82, 2.24) is 10.3 Å². The monoisotopic (exact) mass is 286 g/mol. The Balaban J connectivity index is 1.96. The van der Waals surface area contributed by atoms with Gasteiger partial charge in [-0.05, 0) is 43.7 Å². The molecule has 1 aromatic heterocycles. The van der Waals surface area contributed by atoms with Crippen molar-refractivity contribution < 1.29 is 4.79 Å². The first-order chi connectivity index (χ1) is 10.2. The molecule has 0 bridgehead atoms. The van der Waals surface area contributed by atoms with E-state index in [-0.39, 0.29) is 5.91 Å². The predicted octanol–water partition coefficient (Wildman–Crippen LogP) is 2.16. The van der Waals surface area contributed by atoms with E-state index in [4.69, 9.17) is 0 Å². The van der Waals surface area contributed by atoms with Gasteiger partial charge in [-0.15, -0.1) is 0 Å². The second-order valence-electron chi connectivity index (χ2n) is 5.34. The van der Waals surface area contributed by atoms with E-state index in [0.717, 1.165) is 31.4 Å². The van der Waals surface area contributed by atoms with Gasteiger partial charge in [0.2, 0.25) is 5.91 Å². The van der Waals surface area contributed by atoms with Gasteiger partial charge in [0, 0.05) is 25.2 Å². The number of rotatable bonds is 6. The van der Waals surface area contributed by atoms with Gasteiger partial charge in [-0.3, -0.25) is 4.79 Å². The molecular weight excluding hydrogens is 264 g/mol. The van der Waals surface area contributed by atoms with Gasteiger partial charge in [0.15, 0.2) is 0 Å². The Kier molecular flexibility index (Phi) is 5.56. The topological polar surface area (TPSA) is 77.8 Å². The fourth-order valence-corrected chi connectivity index (χ4v) is 2.50. The average molecular weight is 286 g/mol. The number of hydrogen-bond acceptors (Lipinski definition) is 4. The summed E-state index contributed by atoms with van der Waals surface area (Å²) in [5.74, 6) is 0.641. The third kappa shape index (κ3) is 4.19. The lowest BCUT2D eigenvalue weighted by atomic mass is 9.95. The summed E-state index contributed by atoms with van der Waals surface area (Å²) in [5, 5.41) is 15.2. The summed E-state index contributed by atoms with van der Waals surface area (Å²) in [6.45, 7) is 3.23. The molecule has 0 radical (unpaired) electrons. The minimum absolute atomic E-state index is 0.0285. The molecule has 5 nitrogen and oxygen atoms in total. The van der Waals surface area contributed by atoms with Crippen LogP contribution in [0, 0.1) is 11.3 Å². The first kappa shape index (κ1) is 15.3. The molecule has 0 aromatic carbocycles. The van der Waals surface area contributed by atoms with E-state index in [1.54, 1.807) is 0 Å². The second-order valence-corrected chi connectivity index (χ2v) is 5.34. The zero-order valence-electron chi connectivity index (χ0n) is 12.5. The Hall–Kier alpha value is -2.09. The highest BCUT2D eigenvalue weighted by atomic mass is 16.1. The number of aryl methyl sites for hydroxylation is 2. The fraction of sp³-hybridized carbons (Fsp3) is 0.562. The predicted molar refractivity (Wildman–Crippen MR) is 82.0 cm³/mol. The van der Waals surface area contributed by atoms with Crippen molar-refractivity contribution in [2.24, 2.45) is 0 Å². The Labute approximate surface area is 125 Å². The van der Waals surface area contributed by atoms with E-state index in [1.807, 2.05) is 13.0 Å². The van der Waals surface area contributed by atoms with E-state index in [2.05, 4.69) is 21.7 Å². The molecule has 2 N–H and O–H groups in total. The lowest BCUT2D eigenvalue weighted by Gasteiger charge is -2.17. The number of nitrogens with zero attached hydrogens (tertiary/aromatic N) is 2. The van der Waals surface area contributed by atoms with Crippen molar-refractivity contribution in [2.75, 3.05) is 18.4 Å². The van der Waals surface area contributed by atoms with E-state index in [1.165, 1.54) is 12.0 Å². The van der Waals surface area contributed by atoms with Gasteiger partial charge in [0.1, 0.15) is 11.9 Å². The zero-order valence-corrected chi connectivity index (χ0v) is 12.5. The maximum atomic E-state index is 11.5. The summed E-state index contributed by atoms with van der Waals surface area (Å²) in [6, 6.07) is 4.14. The first-order valence-electron chi connectivity index (χ1n) is 7.68. The smallest absolute Gasteiger partial charge is 0.221 e. The van der Waals surface area contributed by atoms with Crippen molar-refractivity contribution >= 4 is 11.7 Å². The van der Waals surface area contributed by atoms with Gasteiger partial charge in [-0.1, -0.05) is 6.92 Å². The van der Waals surface area contributed by atoms with Crippen LogP contribution in [-0.4, -0.2) is 24.0 Å². The van der Waals surface area contributed by atoms with Crippen LogP contribution in [-0.2, 0) is 17.6 Å². The number of pyridine rings is 1. The Morgan fingerprint density at radius 2 is 2.19 bits per heavy atom. The lowest BCUT2D eigenvalue weighted by Crippen LogP contribution is -2.26. The van der Waals surface area contributed by atoms with E-state index >= 15 is 0 Å². The molecule has 0 saturated heterocycles. The van der Waals surface area contributed by atoms with Gasteiger partial charge in [0.25, 0.3) is 0 Å². The molecule has 1 aliphatic carbocycles. The molecule has 0 unspecified atom stereocenters. The highest BCUT2D eigenvalue weighted by Gasteiger charge is 2.15. The number of carbonyl (C=O) groups is 1. The molecule has 1 aliphatic rings. The maximum absolute atomic E-state index is 11.5. The molecule has 0 fully saturated rings. The van der Waals surface area contributed by atoms with E-state index in [0.29, 0.717) is 30.9 Å². The normalized spacial score (nSPS) is 13.1. The highest BCUT2D eigenvalue weighted by Crippen LogP contribution is 2.24. The van der Waals surface area contributed by atoms with E-state index in [9.17, 15) is 10.1 Å². The number of nitrogens with one attached hydrogen (secondary N) is 2. The molecular formula is C16H22N4O. The highest BCUT2D eigenvalue weighted by molar-refractivity contribution is 5.76. The third-order valence-electron chi connectivity index (χ3n) is 3.64. The number of nitriles is 1. The molecule has 1 heterocycles. The van der Waals surface area contributed by atoms with Crippen molar-refractivity contribution in [3.8, 4) is 6.07 Å². The molecule has 0 atom stereocenters. The number of hydrogen-bond donors (Lipinski definition) is 2. The molecule has 112 valence electrons. The molecule has 0 aliphatic heterocycles. The van der Waals surface area contributed by atoms with Gasteiger partial charge in [0.05, 0.1) is 5.56 Å². The third-order valence-corrected chi connectivity index (χ3v) is 3.64. The molecule has 0 saturated carbocycles. The van der Waals surface area contributed by atoms with Crippen LogP contribution in [0.25, 0.3) is 0 Å². The molecule has 1 amide bonds. The summed E-state index contributed by atoms with van der Waals surface area (Å²) in [7, 11) is 0. The van der Waals surface area contributed by atoms with Crippen LogP contribution < -0.4 is 10.6 Å². The SMILES string of the molecule is CCCNC(=O)CCNc1nc2c(cc1C#N)CCCC2. The van der Waals surface area contributed by atoms with Crippen molar-refractivity contribution in [3.63, 3.8) is 0 Å². The quantitative estimate of drug-likeness (QED) is 0.840. The van der Waals surface area contributed by atoms with Gasteiger partial charge in [-0.25, -0.2) is 4.98 Å². The van der Waals surface area contributed by atoms with Gasteiger partial charge in [-0.2, -0.15) is 5.26 Å². The lowest BCUT2D eigenvalue weighted by molar-refractivity contribution is -0.120. The van der Waals surface area contributed by atoms with E-state index < -0.39 is 0 Å². The number of amides is 1. The molecule has 21 heavy (non-hydrogen) atoms. The molecule has 5 heteroatoms. The van der Waals surface area contributed by atoms with Crippen LogP contribution in [0.4, 0.5) is 5.82 Å². The minimum Gasteiger partial charge on any atom is -0.368 e. The number of aromatic nitrogens is 1. The van der Waals surface area contributed by atoms with Crippen LogP contribution in [0.2, 0.25) is 0 Å². The molecule has 0 spiro atoms. The fourth-order valence-electron chi connectivity index (χ4n) is 2.50. The summed E-state index contributed by atoms with van der Waals surface area (Å²) in [6.07, 6.45) is 5.64. The standard InChI is InChI=1S/C16H22N4O/c1-2-8-18-15(21)7-9-19-16-13(11-17)10-12-5-3-4-6-14(12)20-16/h10H,2-9H2,1H3,(H,18,21)(H,19,20). The van der Waals surface area contributed by atoms with Crippen LogP contribution in [0.5, 0.6) is 0 Å². The van der Waals surface area contributed by atoms with Crippen LogP contribution in [0.3, 0.4) is 0 Å². The average Bonchev–Trinajstić information content (AvgIpc) is 2.52. The largest absolute Gasteiger partial charge is 0.368 e. The Morgan fingerprint density at radius 1 is 1.38 bits per heavy atom. The van der Waals surface area contributed by atoms with Crippen LogP contribution in [0.1, 0.15) is 49.4 Å². The first-order valence-corrected chi connectivity index (χ1v) is 7.68. The van der Waals surface area contributed by atoms with Crippen LogP contribution in [0.15, 0.2) is 6.07 Å². The van der Waals surface area contributed by atoms with Crippen molar-refractivity contribution in [2.45, 2.75) is 45.4 Å². The number of anilines is 1. The Bertz CT molecular complexity index is 548. The van der Waals surface area contributed by atoms with Crippen LogP contribution >= 0.6 is 0 Å². The summed E-state index contributed by atoms with van der Waals surface area (Å²) in [5.41, 5.74) is 2.87. The minimum atomic E-state index is 0.0285. The Morgan fingerprint density at radius 3 is 2.95 bits per heavy atom. The second kappa shape index (κ2) is 7.63.